The number of nitrogens with zero attached hydrogens (tertiary/aromatic N) is 4. The molecule has 0 aliphatic heterocycles. The summed E-state index contributed by atoms with van der Waals surface area (Å²) in [6, 6.07) is 0. The Bertz CT molecular complexity index is 1520. The number of hydrogen-bond donors (Lipinski definition) is 2. The van der Waals surface area contributed by atoms with Crippen molar-refractivity contribution in [3.05, 3.63) is 10.3 Å². The van der Waals surface area contributed by atoms with Gasteiger partial charge in [-0.05, 0) is 113 Å². The van der Waals surface area contributed by atoms with Gasteiger partial charge in [-0.1, -0.05) is 22.7 Å². The monoisotopic (exact) mass is 746 g/mol. The van der Waals surface area contributed by atoms with Gasteiger partial charge in [0.15, 0.2) is 0 Å². The fourth-order valence-corrected chi connectivity index (χ4v) is 12.6. The second-order valence-corrected chi connectivity index (χ2v) is 19.3. The molecule has 2 heterocycles. The van der Waals surface area contributed by atoms with Crippen LogP contribution in [0, 0.1) is 46.3 Å². The van der Waals surface area contributed by atoms with Gasteiger partial charge >= 0.3 is 19.5 Å². The molecule has 0 spiro atoms. The van der Waals surface area contributed by atoms with Gasteiger partial charge in [-0.25, -0.2) is 16.8 Å². The third kappa shape index (κ3) is 6.64. The molecule has 45 heavy (non-hydrogen) atoms. The molecule has 2 aromatic rings. The van der Waals surface area contributed by atoms with Gasteiger partial charge < -0.3 is 20.9 Å². The van der Waals surface area contributed by atoms with Gasteiger partial charge in [0.05, 0.1) is 10.8 Å². The minimum Gasteiger partial charge on any atom is -0.558 e. The smallest absolute Gasteiger partial charge is 0.558 e. The van der Waals surface area contributed by atoms with Gasteiger partial charge in [0.1, 0.15) is 20.0 Å². The van der Waals surface area contributed by atoms with Crippen molar-refractivity contribution in [3.8, 4) is 0 Å². The minimum atomic E-state index is -4.12. The maximum Gasteiger partial charge on any atom is 2.00 e. The molecule has 10 rings (SSSR count). The molecule has 8 aliphatic carbocycles. The normalized spacial score (nSPS) is 35.7. The molecular formula is C26H34N8O6S4Zn. The molecule has 19 heteroatoms. The van der Waals surface area contributed by atoms with Gasteiger partial charge in [0.25, 0.3) is 0 Å². The number of amides is 2. The van der Waals surface area contributed by atoms with Crippen LogP contribution in [0.1, 0.15) is 77.0 Å². The molecule has 0 radical (unpaired) electrons. The van der Waals surface area contributed by atoms with E-state index in [0.29, 0.717) is 35.5 Å². The number of nitrogens with one attached hydrogen (secondary N) is 4. The molecule has 0 aromatic carbocycles. The quantitative estimate of drug-likeness (QED) is 0.301. The molecule has 14 nitrogen and oxygen atoms in total. The number of rotatable bonds is 6. The summed E-state index contributed by atoms with van der Waals surface area (Å²) in [6.07, 6.45) is 13.2. The van der Waals surface area contributed by atoms with E-state index in [4.69, 9.17) is 10.3 Å². The second-order valence-electron chi connectivity index (χ2n) is 14.1. The zero-order chi connectivity index (χ0) is 31.1. The molecule has 8 aliphatic rings. The zero-order valence-electron chi connectivity index (χ0n) is 24.5. The minimum absolute atomic E-state index is 0. The van der Waals surface area contributed by atoms with Crippen LogP contribution < -0.4 is 10.6 Å². The molecule has 0 saturated heterocycles. The summed E-state index contributed by atoms with van der Waals surface area (Å²) in [5.41, 5.74) is -0.610. The van der Waals surface area contributed by atoms with E-state index in [1.54, 1.807) is 0 Å². The van der Waals surface area contributed by atoms with Crippen LogP contribution in [-0.2, 0) is 49.1 Å². The summed E-state index contributed by atoms with van der Waals surface area (Å²) < 4.78 is 43.7. The average molecular weight is 748 g/mol. The fourth-order valence-electron chi connectivity index (χ4n) is 9.97. The SMILES string of the molecule is [NH-]S(=O)(=O)c1nnc(NC(=O)C23CC4CC(CC(C4)C2)C3)s1.[NH-]S(=O)(=O)c1nnc(NC(=O)C23CC4CC(CC(C4)C2)C3)s1.[Zn+2]. The van der Waals surface area contributed by atoms with E-state index in [2.05, 4.69) is 31.0 Å². The number of sulfonamides is 2. The van der Waals surface area contributed by atoms with Crippen LogP contribution in [0.15, 0.2) is 8.68 Å². The van der Waals surface area contributed by atoms with Crippen LogP contribution in [0.5, 0.6) is 0 Å². The topological polar surface area (TPSA) is 226 Å². The van der Waals surface area contributed by atoms with E-state index in [0.717, 1.165) is 61.2 Å². The molecule has 4 N–H and O–H groups in total. The molecule has 0 unspecified atom stereocenters. The van der Waals surface area contributed by atoms with Gasteiger partial charge in [0, 0.05) is 0 Å². The third-order valence-corrected chi connectivity index (χ3v) is 14.9. The van der Waals surface area contributed by atoms with E-state index in [-0.39, 0.29) is 61.1 Å². The first-order valence-electron chi connectivity index (χ1n) is 15.0. The summed E-state index contributed by atoms with van der Waals surface area (Å²) in [7, 11) is -8.24. The van der Waals surface area contributed by atoms with E-state index < -0.39 is 20.0 Å². The molecule has 8 fully saturated rings. The van der Waals surface area contributed by atoms with Crippen LogP contribution in [-0.4, -0.2) is 49.0 Å². The Morgan fingerprint density at radius 1 is 0.578 bits per heavy atom. The zero-order valence-corrected chi connectivity index (χ0v) is 30.8. The van der Waals surface area contributed by atoms with Crippen molar-refractivity contribution >= 4 is 64.8 Å². The Balaban J connectivity index is 0.000000155. The number of carbonyl (C=O) groups excluding carboxylic acids is 2. The first kappa shape index (κ1) is 33.4. The van der Waals surface area contributed by atoms with Crippen molar-refractivity contribution in [1.29, 1.82) is 0 Å². The maximum atomic E-state index is 12.8. The van der Waals surface area contributed by atoms with Crippen LogP contribution in [0.25, 0.3) is 10.3 Å². The standard InChI is InChI=1S/2C13H18N4O3S2.Zn/c2*14-22(19,20)12-17-16-11(21-12)15-10(18)13-4-7-1-8(5-13)3-9(2-7)6-13;/h2*7-9H,1-6H2,(H3,14,15,16,18,19,20);/q;;+2/p-2. The van der Waals surface area contributed by atoms with Crippen LogP contribution >= 0.6 is 22.7 Å². The molecule has 2 amide bonds. The number of hydrogen-bond acceptors (Lipinski definition) is 12. The number of carbonyl (C=O) groups is 2. The van der Waals surface area contributed by atoms with Crippen LogP contribution in [0.4, 0.5) is 10.3 Å². The first-order chi connectivity index (χ1) is 20.7. The van der Waals surface area contributed by atoms with Gasteiger partial charge in [0.2, 0.25) is 30.8 Å². The van der Waals surface area contributed by atoms with Crippen LogP contribution in [0.2, 0.25) is 0 Å². The van der Waals surface area contributed by atoms with E-state index >= 15 is 0 Å². The molecule has 240 valence electrons. The summed E-state index contributed by atoms with van der Waals surface area (Å²) in [5, 5.41) is 34.1. The predicted molar refractivity (Wildman–Crippen MR) is 161 cm³/mol. The van der Waals surface area contributed by atoms with Crippen molar-refractivity contribution in [3.63, 3.8) is 0 Å². The third-order valence-electron chi connectivity index (χ3n) is 10.8. The molecular weight excluding hydrogens is 714 g/mol. The Morgan fingerprint density at radius 2 is 0.844 bits per heavy atom. The van der Waals surface area contributed by atoms with Gasteiger partial charge in [-0.2, -0.15) is 0 Å². The van der Waals surface area contributed by atoms with E-state index in [1.165, 1.54) is 38.5 Å². The largest absolute Gasteiger partial charge is 2.00 e. The molecule has 8 saturated carbocycles. The Hall–Kier alpha value is -1.50. The average Bonchev–Trinajstić information content (AvgIpc) is 3.58. The molecule has 2 aromatic heterocycles. The fraction of sp³-hybridized carbons (Fsp3) is 0.769. The predicted octanol–water partition coefficient (Wildman–Crippen LogP) is 4.87. The van der Waals surface area contributed by atoms with Gasteiger partial charge in [-0.3, -0.25) is 9.59 Å². The summed E-state index contributed by atoms with van der Waals surface area (Å²) in [4.78, 5) is 25.5. The van der Waals surface area contributed by atoms with E-state index in [1.807, 2.05) is 0 Å². The second kappa shape index (κ2) is 11.9. The number of anilines is 2. The van der Waals surface area contributed by atoms with Gasteiger partial charge in [-0.15, -0.1) is 20.4 Å². The first-order valence-corrected chi connectivity index (χ1v) is 19.6. The summed E-state index contributed by atoms with van der Waals surface area (Å²) >= 11 is 1.49. The molecule has 0 atom stereocenters. The van der Waals surface area contributed by atoms with Crippen molar-refractivity contribution in [1.82, 2.24) is 20.4 Å². The summed E-state index contributed by atoms with van der Waals surface area (Å²) in [5.74, 6) is 3.89. The number of aromatic nitrogens is 4. The maximum absolute atomic E-state index is 12.8. The van der Waals surface area contributed by atoms with Crippen molar-refractivity contribution in [2.45, 2.75) is 85.7 Å². The van der Waals surface area contributed by atoms with Crippen LogP contribution in [0.3, 0.4) is 0 Å². The van der Waals surface area contributed by atoms with Crippen molar-refractivity contribution < 1.29 is 45.9 Å². The van der Waals surface area contributed by atoms with Crippen molar-refractivity contribution in [2.75, 3.05) is 10.6 Å². The van der Waals surface area contributed by atoms with E-state index in [9.17, 15) is 26.4 Å². The summed E-state index contributed by atoms with van der Waals surface area (Å²) in [6.45, 7) is 0. The Morgan fingerprint density at radius 3 is 1.07 bits per heavy atom. The Kier molecular flexibility index (Phi) is 8.82. The Labute approximate surface area is 282 Å². The van der Waals surface area contributed by atoms with Crippen molar-refractivity contribution in [2.24, 2.45) is 46.3 Å². The molecule has 8 bridgehead atoms.